The van der Waals surface area contributed by atoms with Crippen molar-refractivity contribution < 1.29 is 5.11 Å². The Bertz CT molecular complexity index is 132. The Balaban J connectivity index is 2.15. The number of aliphatic hydroxyl groups excluding tert-OH is 1. The van der Waals surface area contributed by atoms with Crippen LogP contribution in [0.5, 0.6) is 0 Å². The quantitative estimate of drug-likeness (QED) is 0.669. The van der Waals surface area contributed by atoms with Crippen LogP contribution in [0.15, 0.2) is 0 Å². The smallest absolute Gasteiger partial charge is 0.0715 e. The first-order valence-corrected chi connectivity index (χ1v) is 5.84. The van der Waals surface area contributed by atoms with Crippen LogP contribution in [0.2, 0.25) is 0 Å². The van der Waals surface area contributed by atoms with Crippen molar-refractivity contribution >= 4 is 11.8 Å². The molecule has 0 aromatic rings. The number of hydrogen-bond donors (Lipinski definition) is 1. The van der Waals surface area contributed by atoms with Gasteiger partial charge in [-0.2, -0.15) is 11.8 Å². The lowest BCUT2D eigenvalue weighted by atomic mass is 10.1. The van der Waals surface area contributed by atoms with Gasteiger partial charge in [-0.15, -0.1) is 0 Å². The van der Waals surface area contributed by atoms with Gasteiger partial charge < -0.3 is 10.0 Å². The number of β-amino-alcohol motifs (C(OH)–C–C–N with tert-alkyl or cyclic N) is 1. The molecular weight excluding hydrogens is 170 g/mol. The van der Waals surface area contributed by atoms with Gasteiger partial charge in [-0.3, -0.25) is 0 Å². The van der Waals surface area contributed by atoms with E-state index in [1.807, 2.05) is 11.8 Å². The van der Waals surface area contributed by atoms with Crippen LogP contribution in [0.3, 0.4) is 0 Å². The molecular formula is C9H19NOS. The predicted octanol–water partition coefficient (Wildman–Crippen LogP) is 1.05. The molecule has 0 unspecified atom stereocenters. The van der Waals surface area contributed by atoms with Gasteiger partial charge in [0, 0.05) is 19.0 Å². The summed E-state index contributed by atoms with van der Waals surface area (Å²) in [4.78, 5) is 2.21. The van der Waals surface area contributed by atoms with Crippen LogP contribution in [0, 0.1) is 5.92 Å². The van der Waals surface area contributed by atoms with E-state index in [9.17, 15) is 5.11 Å². The summed E-state index contributed by atoms with van der Waals surface area (Å²) in [6.07, 6.45) is 1.16. The molecule has 0 aromatic carbocycles. The van der Waals surface area contributed by atoms with Crippen molar-refractivity contribution in [1.29, 1.82) is 0 Å². The van der Waals surface area contributed by atoms with Crippen molar-refractivity contribution in [3.63, 3.8) is 0 Å². The number of hydrogen-bond acceptors (Lipinski definition) is 3. The minimum Gasteiger partial charge on any atom is -0.391 e. The molecule has 2 nitrogen and oxygen atoms in total. The van der Waals surface area contributed by atoms with Gasteiger partial charge in [0.15, 0.2) is 0 Å². The van der Waals surface area contributed by atoms with E-state index in [1.165, 1.54) is 12.2 Å². The van der Waals surface area contributed by atoms with Crippen LogP contribution in [0.25, 0.3) is 0 Å². The Labute approximate surface area is 79.3 Å². The van der Waals surface area contributed by atoms with Crippen LogP contribution in [-0.4, -0.2) is 47.8 Å². The Kier molecular flexibility index (Phi) is 4.40. The zero-order valence-corrected chi connectivity index (χ0v) is 8.81. The molecule has 1 rings (SSSR count). The standard InChI is InChI=1S/C9H19NOS/c1-3-4-12-7-8-5-10(2)6-9(8)11/h8-9,11H,3-7H2,1-2H3/t8-,9+/m1/s1. The Morgan fingerprint density at radius 1 is 1.50 bits per heavy atom. The van der Waals surface area contributed by atoms with Crippen molar-refractivity contribution in [1.82, 2.24) is 4.90 Å². The van der Waals surface area contributed by atoms with E-state index in [-0.39, 0.29) is 6.10 Å². The van der Waals surface area contributed by atoms with Crippen LogP contribution in [0.1, 0.15) is 13.3 Å². The fraction of sp³-hybridized carbons (Fsp3) is 1.00. The molecule has 1 aliphatic rings. The minimum atomic E-state index is -0.0839. The van der Waals surface area contributed by atoms with Gasteiger partial charge in [-0.05, 0) is 25.0 Å². The van der Waals surface area contributed by atoms with E-state index in [1.54, 1.807) is 0 Å². The molecule has 2 atom stereocenters. The molecule has 0 saturated carbocycles. The third kappa shape index (κ3) is 2.96. The second-order valence-electron chi connectivity index (χ2n) is 3.62. The third-order valence-corrected chi connectivity index (χ3v) is 3.63. The molecule has 0 amide bonds. The van der Waals surface area contributed by atoms with Crippen molar-refractivity contribution in [2.75, 3.05) is 31.6 Å². The van der Waals surface area contributed by atoms with Gasteiger partial charge >= 0.3 is 0 Å². The zero-order valence-electron chi connectivity index (χ0n) is 7.99. The van der Waals surface area contributed by atoms with Gasteiger partial charge in [0.05, 0.1) is 6.10 Å². The van der Waals surface area contributed by atoms with Crippen molar-refractivity contribution in [2.45, 2.75) is 19.4 Å². The van der Waals surface area contributed by atoms with Crippen molar-refractivity contribution in [2.24, 2.45) is 5.92 Å². The van der Waals surface area contributed by atoms with Crippen LogP contribution >= 0.6 is 11.8 Å². The van der Waals surface area contributed by atoms with Crippen molar-refractivity contribution in [3.05, 3.63) is 0 Å². The van der Waals surface area contributed by atoms with E-state index < -0.39 is 0 Å². The van der Waals surface area contributed by atoms with Gasteiger partial charge in [-0.25, -0.2) is 0 Å². The molecule has 12 heavy (non-hydrogen) atoms. The van der Waals surface area contributed by atoms with E-state index in [0.717, 1.165) is 18.8 Å². The molecule has 1 aliphatic heterocycles. The van der Waals surface area contributed by atoms with Gasteiger partial charge in [0.2, 0.25) is 0 Å². The number of likely N-dealkylation sites (tertiary alicyclic amines) is 1. The summed E-state index contributed by atoms with van der Waals surface area (Å²) in [6, 6.07) is 0. The molecule has 0 aliphatic carbocycles. The Morgan fingerprint density at radius 3 is 2.75 bits per heavy atom. The van der Waals surface area contributed by atoms with Crippen molar-refractivity contribution in [3.8, 4) is 0 Å². The monoisotopic (exact) mass is 189 g/mol. The zero-order chi connectivity index (χ0) is 8.97. The molecule has 3 heteroatoms. The molecule has 72 valence electrons. The SMILES string of the molecule is CCCSC[C@H]1CN(C)C[C@@H]1O. The number of likely N-dealkylation sites (N-methyl/N-ethyl adjacent to an activating group) is 1. The number of nitrogens with zero attached hydrogens (tertiary/aromatic N) is 1. The summed E-state index contributed by atoms with van der Waals surface area (Å²) >= 11 is 1.97. The Morgan fingerprint density at radius 2 is 2.25 bits per heavy atom. The highest BCUT2D eigenvalue weighted by Crippen LogP contribution is 2.20. The summed E-state index contributed by atoms with van der Waals surface area (Å²) in [6.45, 7) is 4.12. The maximum atomic E-state index is 9.60. The summed E-state index contributed by atoms with van der Waals surface area (Å²) in [5.41, 5.74) is 0. The average molecular weight is 189 g/mol. The summed E-state index contributed by atoms with van der Waals surface area (Å²) in [5.74, 6) is 2.86. The molecule has 1 N–H and O–H groups in total. The first-order valence-electron chi connectivity index (χ1n) is 4.68. The Hall–Kier alpha value is 0.270. The van der Waals surface area contributed by atoms with Crippen LogP contribution in [0.4, 0.5) is 0 Å². The fourth-order valence-corrected chi connectivity index (χ4v) is 2.69. The van der Waals surface area contributed by atoms with Gasteiger partial charge in [-0.1, -0.05) is 6.92 Å². The number of thioether (sulfide) groups is 1. The first kappa shape index (κ1) is 10.4. The molecule has 0 bridgehead atoms. The first-order chi connectivity index (χ1) is 5.74. The summed E-state index contributed by atoms with van der Waals surface area (Å²) in [7, 11) is 2.08. The molecule has 1 heterocycles. The third-order valence-electron chi connectivity index (χ3n) is 2.27. The maximum absolute atomic E-state index is 9.60. The lowest BCUT2D eigenvalue weighted by molar-refractivity contribution is 0.152. The normalized spacial score (nSPS) is 31.2. The highest BCUT2D eigenvalue weighted by molar-refractivity contribution is 7.99. The molecule has 1 saturated heterocycles. The van der Waals surface area contributed by atoms with E-state index >= 15 is 0 Å². The molecule has 0 radical (unpaired) electrons. The average Bonchev–Trinajstić information content (AvgIpc) is 2.31. The highest BCUT2D eigenvalue weighted by atomic mass is 32.2. The second-order valence-corrected chi connectivity index (χ2v) is 4.77. The van der Waals surface area contributed by atoms with Gasteiger partial charge in [0.25, 0.3) is 0 Å². The highest BCUT2D eigenvalue weighted by Gasteiger charge is 2.28. The predicted molar refractivity (Wildman–Crippen MR) is 54.6 cm³/mol. The molecule has 0 aromatic heterocycles. The second kappa shape index (κ2) is 5.10. The summed E-state index contributed by atoms with van der Waals surface area (Å²) < 4.78 is 0. The number of aliphatic hydroxyl groups is 1. The minimum absolute atomic E-state index is 0.0839. The van der Waals surface area contributed by atoms with E-state index in [2.05, 4.69) is 18.9 Å². The summed E-state index contributed by atoms with van der Waals surface area (Å²) in [5, 5.41) is 9.60. The largest absolute Gasteiger partial charge is 0.391 e. The fourth-order valence-electron chi connectivity index (χ4n) is 1.61. The topological polar surface area (TPSA) is 23.5 Å². The molecule has 0 spiro atoms. The van der Waals surface area contributed by atoms with Crippen LogP contribution in [-0.2, 0) is 0 Å². The molecule has 1 fully saturated rings. The lowest BCUT2D eigenvalue weighted by Crippen LogP contribution is -2.19. The van der Waals surface area contributed by atoms with E-state index in [0.29, 0.717) is 5.92 Å². The number of rotatable bonds is 4. The van der Waals surface area contributed by atoms with Gasteiger partial charge in [0.1, 0.15) is 0 Å². The maximum Gasteiger partial charge on any atom is 0.0715 e. The van der Waals surface area contributed by atoms with Crippen LogP contribution < -0.4 is 0 Å². The van der Waals surface area contributed by atoms with E-state index in [4.69, 9.17) is 0 Å². The lowest BCUT2D eigenvalue weighted by Gasteiger charge is -2.11.